The van der Waals surface area contributed by atoms with Crippen molar-refractivity contribution in [3.05, 3.63) is 23.4 Å². The molecule has 7 heteroatoms. The Morgan fingerprint density at radius 1 is 1.53 bits per heavy atom. The van der Waals surface area contributed by atoms with Crippen LogP contribution in [0, 0.1) is 6.92 Å². The summed E-state index contributed by atoms with van der Waals surface area (Å²) in [7, 11) is 0. The largest absolute Gasteiger partial charge is 0.376 e. The lowest BCUT2D eigenvalue weighted by atomic mass is 10.2. The third kappa shape index (κ3) is 3.88. The normalized spacial score (nSPS) is 18.9. The first-order valence-electron chi connectivity index (χ1n) is 6.12. The molecule has 1 saturated heterocycles. The van der Waals surface area contributed by atoms with Gasteiger partial charge in [0.05, 0.1) is 25.9 Å². The minimum Gasteiger partial charge on any atom is -0.376 e. The lowest BCUT2D eigenvalue weighted by Crippen LogP contribution is -2.39. The predicted molar refractivity (Wildman–Crippen MR) is 69.7 cm³/mol. The summed E-state index contributed by atoms with van der Waals surface area (Å²) >= 11 is 0. The fraction of sp³-hybridized carbons (Fsp3) is 0.500. The first-order valence-corrected chi connectivity index (χ1v) is 6.12. The van der Waals surface area contributed by atoms with Crippen molar-refractivity contribution in [1.29, 1.82) is 0 Å². The van der Waals surface area contributed by atoms with Crippen LogP contribution < -0.4 is 16.6 Å². The number of carbonyl (C=O) groups excluding carboxylic acids is 1. The Morgan fingerprint density at radius 3 is 3.05 bits per heavy atom. The zero-order chi connectivity index (χ0) is 13.7. The quantitative estimate of drug-likeness (QED) is 0.516. The van der Waals surface area contributed by atoms with Crippen molar-refractivity contribution in [2.24, 2.45) is 5.84 Å². The third-order valence-electron chi connectivity index (χ3n) is 2.74. The number of anilines is 1. The number of nitrogens with two attached hydrogens (primary N) is 1. The highest BCUT2D eigenvalue weighted by Gasteiger charge is 2.16. The molecule has 2 rings (SSSR count). The van der Waals surface area contributed by atoms with Crippen molar-refractivity contribution in [2.45, 2.75) is 13.0 Å². The number of ether oxygens (including phenoxy) is 2. The molecule has 0 saturated carbocycles. The minimum absolute atomic E-state index is 0.0901. The van der Waals surface area contributed by atoms with Gasteiger partial charge in [0.2, 0.25) is 0 Å². The highest BCUT2D eigenvalue weighted by atomic mass is 16.6. The van der Waals surface area contributed by atoms with E-state index in [1.165, 1.54) is 0 Å². The van der Waals surface area contributed by atoms with Crippen LogP contribution in [0.15, 0.2) is 12.1 Å². The first kappa shape index (κ1) is 13.7. The molecule has 0 bridgehead atoms. The van der Waals surface area contributed by atoms with Crippen molar-refractivity contribution in [3.8, 4) is 0 Å². The molecule has 19 heavy (non-hydrogen) atoms. The van der Waals surface area contributed by atoms with E-state index in [1.807, 2.05) is 0 Å². The van der Waals surface area contributed by atoms with E-state index in [2.05, 4.69) is 15.7 Å². The summed E-state index contributed by atoms with van der Waals surface area (Å²) < 4.78 is 10.7. The molecule has 0 aliphatic carbocycles. The number of rotatable bonds is 4. The number of aromatic nitrogens is 1. The molecule has 1 unspecified atom stereocenters. The highest BCUT2D eigenvalue weighted by molar-refractivity contribution is 5.95. The lowest BCUT2D eigenvalue weighted by molar-refractivity contribution is -0.0855. The van der Waals surface area contributed by atoms with Gasteiger partial charge in [0.25, 0.3) is 5.91 Å². The number of nitrogens with one attached hydrogen (secondary N) is 2. The molecule has 1 amide bonds. The molecule has 4 N–H and O–H groups in total. The average Bonchev–Trinajstić information content (AvgIpc) is 2.45. The summed E-state index contributed by atoms with van der Waals surface area (Å²) in [5.74, 6) is 5.57. The van der Waals surface area contributed by atoms with E-state index in [9.17, 15) is 4.79 Å². The predicted octanol–water partition coefficient (Wildman–Crippen LogP) is -0.179. The Morgan fingerprint density at radius 2 is 2.37 bits per heavy atom. The van der Waals surface area contributed by atoms with Gasteiger partial charge in [0, 0.05) is 17.8 Å². The van der Waals surface area contributed by atoms with Gasteiger partial charge in [-0.1, -0.05) is 0 Å². The van der Waals surface area contributed by atoms with Crippen LogP contribution in [-0.2, 0) is 9.47 Å². The van der Waals surface area contributed by atoms with E-state index in [0.29, 0.717) is 37.7 Å². The van der Waals surface area contributed by atoms with Gasteiger partial charge in [-0.05, 0) is 19.1 Å². The number of hydrogen-bond acceptors (Lipinski definition) is 6. The van der Waals surface area contributed by atoms with Gasteiger partial charge in [0.15, 0.2) is 0 Å². The van der Waals surface area contributed by atoms with Gasteiger partial charge in [-0.15, -0.1) is 0 Å². The molecule has 0 spiro atoms. The number of aryl methyl sites for hydroxylation is 1. The summed E-state index contributed by atoms with van der Waals surface area (Å²) in [4.78, 5) is 16.1. The zero-order valence-electron chi connectivity index (χ0n) is 10.8. The molecule has 1 fully saturated rings. The molecule has 1 aromatic rings. The van der Waals surface area contributed by atoms with Crippen LogP contribution in [0.3, 0.4) is 0 Å². The van der Waals surface area contributed by atoms with Crippen molar-refractivity contribution in [3.63, 3.8) is 0 Å². The van der Waals surface area contributed by atoms with Crippen LogP contribution in [0.25, 0.3) is 0 Å². The van der Waals surface area contributed by atoms with E-state index in [0.717, 1.165) is 5.69 Å². The maximum absolute atomic E-state index is 12.0. The van der Waals surface area contributed by atoms with Crippen LogP contribution in [0.1, 0.15) is 16.1 Å². The summed E-state index contributed by atoms with van der Waals surface area (Å²) in [6.45, 7) is 3.90. The standard InChI is InChI=1S/C12H18N4O3/c1-8-4-9(5-11(15-8)16-13)12(17)14-6-10-7-18-2-3-19-10/h4-5,10H,2-3,6-7,13H2,1H3,(H,14,17)(H,15,16). The van der Waals surface area contributed by atoms with Crippen LogP contribution in [0.2, 0.25) is 0 Å². The van der Waals surface area contributed by atoms with E-state index in [1.54, 1.807) is 19.1 Å². The Balaban J connectivity index is 1.93. The van der Waals surface area contributed by atoms with Crippen molar-refractivity contribution in [2.75, 3.05) is 31.8 Å². The van der Waals surface area contributed by atoms with E-state index in [4.69, 9.17) is 15.3 Å². The van der Waals surface area contributed by atoms with E-state index in [-0.39, 0.29) is 12.0 Å². The Labute approximate surface area is 111 Å². The van der Waals surface area contributed by atoms with Gasteiger partial charge in [-0.25, -0.2) is 10.8 Å². The average molecular weight is 266 g/mol. The number of carbonyl (C=O) groups is 1. The second-order valence-corrected chi connectivity index (χ2v) is 4.30. The maximum Gasteiger partial charge on any atom is 0.251 e. The van der Waals surface area contributed by atoms with Crippen LogP contribution >= 0.6 is 0 Å². The van der Waals surface area contributed by atoms with E-state index < -0.39 is 0 Å². The molecule has 1 aliphatic heterocycles. The van der Waals surface area contributed by atoms with Crippen LogP contribution in [0.5, 0.6) is 0 Å². The Bertz CT molecular complexity index is 447. The lowest BCUT2D eigenvalue weighted by Gasteiger charge is -2.23. The molecule has 1 aromatic heterocycles. The van der Waals surface area contributed by atoms with Crippen molar-refractivity contribution < 1.29 is 14.3 Å². The van der Waals surface area contributed by atoms with Gasteiger partial charge in [-0.2, -0.15) is 0 Å². The molecular weight excluding hydrogens is 248 g/mol. The molecule has 0 radical (unpaired) electrons. The number of hydrazine groups is 1. The number of pyridine rings is 1. The van der Waals surface area contributed by atoms with Gasteiger partial charge >= 0.3 is 0 Å². The Kier molecular flexibility index (Phi) is 4.67. The number of amides is 1. The van der Waals surface area contributed by atoms with Crippen LogP contribution in [-0.4, -0.2) is 43.4 Å². The van der Waals surface area contributed by atoms with Crippen LogP contribution in [0.4, 0.5) is 5.82 Å². The van der Waals surface area contributed by atoms with E-state index >= 15 is 0 Å². The van der Waals surface area contributed by atoms with Gasteiger partial charge in [-0.3, -0.25) is 4.79 Å². The summed E-state index contributed by atoms with van der Waals surface area (Å²) in [5, 5.41) is 2.81. The first-order chi connectivity index (χ1) is 9.19. The topological polar surface area (TPSA) is 98.5 Å². The summed E-state index contributed by atoms with van der Waals surface area (Å²) in [5.41, 5.74) is 3.66. The molecule has 1 aliphatic rings. The minimum atomic E-state index is -0.184. The van der Waals surface area contributed by atoms with Gasteiger partial charge in [0.1, 0.15) is 5.82 Å². The monoisotopic (exact) mass is 266 g/mol. The second kappa shape index (κ2) is 6.46. The zero-order valence-corrected chi connectivity index (χ0v) is 10.8. The maximum atomic E-state index is 12.0. The fourth-order valence-corrected chi connectivity index (χ4v) is 1.84. The number of hydrogen-bond donors (Lipinski definition) is 3. The summed E-state index contributed by atoms with van der Waals surface area (Å²) in [6.07, 6.45) is -0.0901. The Hall–Kier alpha value is -1.70. The smallest absolute Gasteiger partial charge is 0.251 e. The number of nitrogens with zero attached hydrogens (tertiary/aromatic N) is 1. The highest BCUT2D eigenvalue weighted by Crippen LogP contribution is 2.09. The summed E-state index contributed by atoms with van der Waals surface area (Å²) in [6, 6.07) is 3.30. The van der Waals surface area contributed by atoms with Gasteiger partial charge < -0.3 is 20.2 Å². The second-order valence-electron chi connectivity index (χ2n) is 4.30. The van der Waals surface area contributed by atoms with Crippen molar-refractivity contribution >= 4 is 11.7 Å². The van der Waals surface area contributed by atoms with Crippen molar-refractivity contribution in [1.82, 2.24) is 10.3 Å². The molecular formula is C12H18N4O3. The molecule has 2 heterocycles. The molecule has 0 aromatic carbocycles. The molecule has 1 atom stereocenters. The molecule has 104 valence electrons. The third-order valence-corrected chi connectivity index (χ3v) is 2.74. The fourth-order valence-electron chi connectivity index (χ4n) is 1.84. The SMILES string of the molecule is Cc1cc(C(=O)NCC2COCCO2)cc(NN)n1. The number of nitrogen functional groups attached to an aromatic ring is 1. The molecule has 7 nitrogen and oxygen atoms in total.